The van der Waals surface area contributed by atoms with E-state index in [1.54, 1.807) is 37.8 Å². The van der Waals surface area contributed by atoms with Gasteiger partial charge in [-0.2, -0.15) is 0 Å². The van der Waals surface area contributed by atoms with Crippen molar-refractivity contribution in [2.45, 2.75) is 31.5 Å². The van der Waals surface area contributed by atoms with Crippen LogP contribution in [0.3, 0.4) is 0 Å². The first-order valence-electron chi connectivity index (χ1n) is 9.37. The lowest BCUT2D eigenvalue weighted by atomic mass is 9.77. The van der Waals surface area contributed by atoms with E-state index >= 15 is 0 Å². The van der Waals surface area contributed by atoms with Gasteiger partial charge in [-0.3, -0.25) is 9.88 Å². The SMILES string of the molecule is COc1ccc(F)c(CN2C[C@H]3C[C@@H](Nc4cnccn4)[C@H](O)C[C@H]3C2)c1. The zero-order chi connectivity index (χ0) is 18.8. The number of aliphatic hydroxyl groups is 1. The molecule has 1 aliphatic carbocycles. The minimum Gasteiger partial charge on any atom is -0.497 e. The maximum atomic E-state index is 14.2. The summed E-state index contributed by atoms with van der Waals surface area (Å²) in [6, 6.07) is 4.84. The maximum absolute atomic E-state index is 14.2. The van der Waals surface area contributed by atoms with Crippen LogP contribution in [0.4, 0.5) is 10.2 Å². The van der Waals surface area contributed by atoms with Crippen LogP contribution in [-0.2, 0) is 6.54 Å². The van der Waals surface area contributed by atoms with Crippen molar-refractivity contribution < 1.29 is 14.2 Å². The molecule has 0 bridgehead atoms. The minimum absolute atomic E-state index is 0.0311. The molecule has 27 heavy (non-hydrogen) atoms. The molecule has 144 valence electrons. The third-order valence-corrected chi connectivity index (χ3v) is 5.76. The number of benzene rings is 1. The molecule has 4 atom stereocenters. The van der Waals surface area contributed by atoms with Gasteiger partial charge in [-0.15, -0.1) is 0 Å². The van der Waals surface area contributed by atoms with Crippen LogP contribution in [0.15, 0.2) is 36.8 Å². The van der Waals surface area contributed by atoms with Crippen molar-refractivity contribution in [1.82, 2.24) is 14.9 Å². The number of halogens is 1. The summed E-state index contributed by atoms with van der Waals surface area (Å²) in [5.74, 6) is 2.08. The van der Waals surface area contributed by atoms with E-state index in [1.807, 2.05) is 0 Å². The summed E-state index contributed by atoms with van der Waals surface area (Å²) < 4.78 is 19.4. The second-order valence-electron chi connectivity index (χ2n) is 7.55. The molecule has 2 heterocycles. The summed E-state index contributed by atoms with van der Waals surface area (Å²) in [6.45, 7) is 2.36. The number of fused-ring (bicyclic) bond motifs is 1. The average Bonchev–Trinajstić information content (AvgIpc) is 3.05. The molecule has 2 aromatic rings. The second kappa shape index (κ2) is 7.78. The normalized spacial score (nSPS) is 28.0. The van der Waals surface area contributed by atoms with Crippen molar-refractivity contribution in [1.29, 1.82) is 0 Å². The highest BCUT2D eigenvalue weighted by Gasteiger charge is 2.41. The first-order valence-corrected chi connectivity index (χ1v) is 9.37. The summed E-state index contributed by atoms with van der Waals surface area (Å²) in [5, 5.41) is 13.9. The van der Waals surface area contributed by atoms with Crippen LogP contribution >= 0.6 is 0 Å². The van der Waals surface area contributed by atoms with E-state index < -0.39 is 6.10 Å². The molecule has 2 aliphatic rings. The molecule has 1 aliphatic heterocycles. The predicted molar refractivity (Wildman–Crippen MR) is 99.9 cm³/mol. The number of nitrogens with one attached hydrogen (secondary N) is 1. The molecule has 1 saturated carbocycles. The Bertz CT molecular complexity index is 776. The van der Waals surface area contributed by atoms with Crippen LogP contribution in [-0.4, -0.2) is 52.3 Å². The summed E-state index contributed by atoms with van der Waals surface area (Å²) in [5.41, 5.74) is 0.655. The Morgan fingerprint density at radius 1 is 1.26 bits per heavy atom. The third kappa shape index (κ3) is 4.04. The summed E-state index contributed by atoms with van der Waals surface area (Å²) in [6.07, 6.45) is 6.15. The van der Waals surface area contributed by atoms with Crippen LogP contribution in [0.1, 0.15) is 18.4 Å². The Morgan fingerprint density at radius 3 is 2.81 bits per heavy atom. The monoisotopic (exact) mass is 372 g/mol. The van der Waals surface area contributed by atoms with Gasteiger partial charge in [0.15, 0.2) is 0 Å². The lowest BCUT2D eigenvalue weighted by molar-refractivity contribution is 0.0735. The Hall–Kier alpha value is -2.25. The van der Waals surface area contributed by atoms with E-state index in [-0.39, 0.29) is 11.9 Å². The molecule has 2 fully saturated rings. The van der Waals surface area contributed by atoms with Crippen molar-refractivity contribution in [2.75, 3.05) is 25.5 Å². The second-order valence-corrected chi connectivity index (χ2v) is 7.55. The Labute approximate surface area is 158 Å². The molecule has 0 unspecified atom stereocenters. The average molecular weight is 372 g/mol. The fraction of sp³-hybridized carbons (Fsp3) is 0.500. The first kappa shape index (κ1) is 18.1. The van der Waals surface area contributed by atoms with Crippen molar-refractivity contribution in [3.8, 4) is 5.75 Å². The van der Waals surface area contributed by atoms with Gasteiger partial charge in [0.05, 0.1) is 25.5 Å². The van der Waals surface area contributed by atoms with E-state index in [9.17, 15) is 9.50 Å². The summed E-state index contributed by atoms with van der Waals surface area (Å²) >= 11 is 0. The topological polar surface area (TPSA) is 70.5 Å². The molecule has 1 aromatic carbocycles. The first-order chi connectivity index (χ1) is 13.1. The van der Waals surface area contributed by atoms with E-state index in [0.29, 0.717) is 35.5 Å². The van der Waals surface area contributed by atoms with Crippen molar-refractivity contribution >= 4 is 5.82 Å². The Kier molecular flexibility index (Phi) is 5.22. The smallest absolute Gasteiger partial charge is 0.144 e. The number of methoxy groups -OCH3 is 1. The zero-order valence-corrected chi connectivity index (χ0v) is 15.4. The van der Waals surface area contributed by atoms with Crippen molar-refractivity contribution in [2.24, 2.45) is 11.8 Å². The van der Waals surface area contributed by atoms with Crippen LogP contribution < -0.4 is 10.1 Å². The molecule has 7 heteroatoms. The van der Waals surface area contributed by atoms with Gasteiger partial charge in [0, 0.05) is 37.6 Å². The number of ether oxygens (including phenoxy) is 1. The van der Waals surface area contributed by atoms with Crippen LogP contribution in [0.2, 0.25) is 0 Å². The quantitative estimate of drug-likeness (QED) is 0.839. The molecule has 1 aromatic heterocycles. The highest BCUT2D eigenvalue weighted by atomic mass is 19.1. The zero-order valence-electron chi connectivity index (χ0n) is 15.4. The van der Waals surface area contributed by atoms with Gasteiger partial charge in [0.1, 0.15) is 17.4 Å². The van der Waals surface area contributed by atoms with Gasteiger partial charge >= 0.3 is 0 Å². The van der Waals surface area contributed by atoms with Crippen molar-refractivity contribution in [3.63, 3.8) is 0 Å². The van der Waals surface area contributed by atoms with Gasteiger partial charge in [0.2, 0.25) is 0 Å². The predicted octanol–water partition coefficient (Wildman–Crippen LogP) is 2.31. The fourth-order valence-electron chi connectivity index (χ4n) is 4.42. The van der Waals surface area contributed by atoms with Gasteiger partial charge in [0.25, 0.3) is 0 Å². The third-order valence-electron chi connectivity index (χ3n) is 5.76. The van der Waals surface area contributed by atoms with Gasteiger partial charge < -0.3 is 15.2 Å². The van der Waals surface area contributed by atoms with Gasteiger partial charge in [-0.1, -0.05) is 0 Å². The fourth-order valence-corrected chi connectivity index (χ4v) is 4.42. The van der Waals surface area contributed by atoms with Crippen LogP contribution in [0, 0.1) is 17.7 Å². The minimum atomic E-state index is -0.415. The summed E-state index contributed by atoms with van der Waals surface area (Å²) in [4.78, 5) is 10.6. The number of hydrogen-bond acceptors (Lipinski definition) is 6. The molecular weight excluding hydrogens is 347 g/mol. The maximum Gasteiger partial charge on any atom is 0.144 e. The van der Waals surface area contributed by atoms with E-state index in [1.165, 1.54) is 6.07 Å². The molecule has 1 saturated heterocycles. The van der Waals surface area contributed by atoms with Crippen LogP contribution in [0.5, 0.6) is 5.75 Å². The lowest BCUT2D eigenvalue weighted by Gasteiger charge is -2.35. The number of likely N-dealkylation sites (tertiary alicyclic amines) is 1. The van der Waals surface area contributed by atoms with Crippen LogP contribution in [0.25, 0.3) is 0 Å². The molecule has 2 N–H and O–H groups in total. The highest BCUT2D eigenvalue weighted by Crippen LogP contribution is 2.38. The largest absolute Gasteiger partial charge is 0.497 e. The van der Waals surface area contributed by atoms with Gasteiger partial charge in [-0.25, -0.2) is 9.37 Å². The standard InChI is InChI=1S/C20H25FN4O2/c1-27-16-2-3-17(21)15(6-16)12-25-10-13-7-18(19(26)8-14(13)11-25)24-20-9-22-4-5-23-20/h2-6,9,13-14,18-19,26H,7-8,10-12H2,1H3,(H,23,24)/t13-,14+,18-,19-/m1/s1. The molecule has 0 amide bonds. The van der Waals surface area contributed by atoms with Gasteiger partial charge in [-0.05, 0) is 42.9 Å². The number of hydrogen-bond donors (Lipinski definition) is 2. The van der Waals surface area contributed by atoms with E-state index in [2.05, 4.69) is 20.2 Å². The number of rotatable bonds is 5. The lowest BCUT2D eigenvalue weighted by Crippen LogP contribution is -2.43. The van der Waals surface area contributed by atoms with E-state index in [0.717, 1.165) is 25.9 Å². The molecule has 0 radical (unpaired) electrons. The molecule has 0 spiro atoms. The highest BCUT2D eigenvalue weighted by molar-refractivity contribution is 5.32. The van der Waals surface area contributed by atoms with Crippen molar-refractivity contribution in [3.05, 3.63) is 48.2 Å². The Morgan fingerprint density at radius 2 is 2.07 bits per heavy atom. The molecular formula is C20H25FN4O2. The Balaban J connectivity index is 1.40. The number of aliphatic hydroxyl groups excluding tert-OH is 1. The number of aromatic nitrogens is 2. The summed E-state index contributed by atoms with van der Waals surface area (Å²) in [7, 11) is 1.59. The number of anilines is 1. The number of nitrogens with zero attached hydrogens (tertiary/aromatic N) is 3. The van der Waals surface area contributed by atoms with E-state index in [4.69, 9.17) is 4.74 Å². The molecule has 6 nitrogen and oxygen atoms in total. The molecule has 4 rings (SSSR count).